The molecule has 0 aliphatic heterocycles. The monoisotopic (exact) mass is 327 g/mol. The molecule has 0 aliphatic carbocycles. The van der Waals surface area contributed by atoms with Gasteiger partial charge in [0.1, 0.15) is 5.75 Å². The van der Waals surface area contributed by atoms with Gasteiger partial charge in [-0.3, -0.25) is 4.79 Å². The third-order valence-corrected chi connectivity index (χ3v) is 3.89. The molecule has 0 heterocycles. The number of benzene rings is 2. The highest BCUT2D eigenvalue weighted by Gasteiger charge is 2.32. The van der Waals surface area contributed by atoms with E-state index in [4.69, 9.17) is 9.47 Å². The number of carbonyl (C=O) groups is 2. The average molecular weight is 327 g/mol. The molecule has 0 fully saturated rings. The molecule has 0 saturated heterocycles. The quantitative estimate of drug-likeness (QED) is 0.855. The number of esters is 1. The van der Waals surface area contributed by atoms with Gasteiger partial charge in [-0.05, 0) is 38.1 Å². The maximum atomic E-state index is 12.8. The Balaban J connectivity index is 2.27. The van der Waals surface area contributed by atoms with E-state index >= 15 is 0 Å². The molecular formula is C19H21NO4. The Morgan fingerprint density at radius 1 is 1.00 bits per heavy atom. The molecule has 0 atom stereocenters. The summed E-state index contributed by atoms with van der Waals surface area (Å²) in [6.45, 7) is 3.65. The molecule has 2 rings (SSSR count). The first kappa shape index (κ1) is 17.5. The van der Waals surface area contributed by atoms with Gasteiger partial charge in [0, 0.05) is 11.3 Å². The zero-order valence-electron chi connectivity index (χ0n) is 14.3. The number of hydrogen-bond donors (Lipinski definition) is 1. The van der Waals surface area contributed by atoms with Gasteiger partial charge in [-0.2, -0.15) is 0 Å². The second kappa shape index (κ2) is 7.17. The van der Waals surface area contributed by atoms with E-state index in [9.17, 15) is 9.59 Å². The lowest BCUT2D eigenvalue weighted by atomic mass is 9.83. The van der Waals surface area contributed by atoms with Crippen LogP contribution in [0.15, 0.2) is 48.5 Å². The summed E-state index contributed by atoms with van der Waals surface area (Å²) >= 11 is 0. The Hall–Kier alpha value is -2.82. The van der Waals surface area contributed by atoms with Gasteiger partial charge in [-0.15, -0.1) is 0 Å². The van der Waals surface area contributed by atoms with E-state index in [1.54, 1.807) is 31.4 Å². The maximum Gasteiger partial charge on any atom is 0.337 e. The zero-order chi connectivity index (χ0) is 17.7. The molecule has 0 saturated carbocycles. The molecule has 24 heavy (non-hydrogen) atoms. The van der Waals surface area contributed by atoms with Gasteiger partial charge in [0.25, 0.3) is 0 Å². The van der Waals surface area contributed by atoms with Gasteiger partial charge in [-0.25, -0.2) is 4.79 Å². The summed E-state index contributed by atoms with van der Waals surface area (Å²) in [5.41, 5.74) is 0.888. The summed E-state index contributed by atoms with van der Waals surface area (Å²) in [6.07, 6.45) is 0. The predicted octanol–water partition coefficient (Wildman–Crippen LogP) is 3.40. The number of amides is 1. The van der Waals surface area contributed by atoms with Gasteiger partial charge in [0.15, 0.2) is 0 Å². The predicted molar refractivity (Wildman–Crippen MR) is 92.4 cm³/mol. The molecule has 0 bridgehead atoms. The second-order valence-electron chi connectivity index (χ2n) is 5.85. The number of rotatable bonds is 5. The number of hydrogen-bond acceptors (Lipinski definition) is 4. The molecule has 0 radical (unpaired) electrons. The van der Waals surface area contributed by atoms with E-state index in [1.807, 2.05) is 38.1 Å². The van der Waals surface area contributed by atoms with Crippen LogP contribution in [-0.4, -0.2) is 26.1 Å². The van der Waals surface area contributed by atoms with Crippen LogP contribution in [0, 0.1) is 0 Å². The molecule has 0 aliphatic rings. The minimum atomic E-state index is -0.812. The lowest BCUT2D eigenvalue weighted by molar-refractivity contribution is -0.120. The van der Waals surface area contributed by atoms with Crippen LogP contribution in [0.2, 0.25) is 0 Å². The largest absolute Gasteiger partial charge is 0.496 e. The lowest BCUT2D eigenvalue weighted by Crippen LogP contribution is -2.35. The molecular weight excluding hydrogens is 306 g/mol. The highest BCUT2D eigenvalue weighted by molar-refractivity contribution is 6.00. The number of anilines is 1. The summed E-state index contributed by atoms with van der Waals surface area (Å²) in [4.78, 5) is 24.4. The average Bonchev–Trinajstić information content (AvgIpc) is 2.61. The van der Waals surface area contributed by atoms with Crippen LogP contribution in [0.3, 0.4) is 0 Å². The van der Waals surface area contributed by atoms with Gasteiger partial charge in [-0.1, -0.05) is 24.3 Å². The van der Waals surface area contributed by atoms with Crippen molar-refractivity contribution >= 4 is 17.6 Å². The highest BCUT2D eigenvalue weighted by Crippen LogP contribution is 2.32. The Morgan fingerprint density at radius 3 is 2.38 bits per heavy atom. The molecule has 0 spiro atoms. The summed E-state index contributed by atoms with van der Waals surface area (Å²) in [5.74, 6) is 0.00469. The number of methoxy groups -OCH3 is 2. The van der Waals surface area contributed by atoms with Crippen LogP contribution in [0.1, 0.15) is 29.8 Å². The van der Waals surface area contributed by atoms with Crippen LogP contribution in [0.25, 0.3) is 0 Å². The summed E-state index contributed by atoms with van der Waals surface area (Å²) in [6, 6.07) is 14.0. The first-order valence-electron chi connectivity index (χ1n) is 7.53. The third-order valence-electron chi connectivity index (χ3n) is 3.89. The first-order chi connectivity index (χ1) is 11.4. The first-order valence-corrected chi connectivity index (χ1v) is 7.53. The van der Waals surface area contributed by atoms with E-state index < -0.39 is 11.4 Å². The molecule has 2 aromatic rings. The van der Waals surface area contributed by atoms with Gasteiger partial charge < -0.3 is 14.8 Å². The molecule has 0 unspecified atom stereocenters. The van der Waals surface area contributed by atoms with Crippen molar-refractivity contribution in [1.82, 2.24) is 0 Å². The van der Waals surface area contributed by atoms with Gasteiger partial charge >= 0.3 is 5.97 Å². The van der Waals surface area contributed by atoms with Crippen molar-refractivity contribution in [1.29, 1.82) is 0 Å². The van der Waals surface area contributed by atoms with E-state index in [1.165, 1.54) is 7.11 Å². The van der Waals surface area contributed by atoms with E-state index in [2.05, 4.69) is 5.32 Å². The fourth-order valence-electron chi connectivity index (χ4n) is 2.41. The minimum Gasteiger partial charge on any atom is -0.496 e. The van der Waals surface area contributed by atoms with Crippen molar-refractivity contribution in [3.05, 3.63) is 59.7 Å². The van der Waals surface area contributed by atoms with Crippen LogP contribution in [0.5, 0.6) is 5.75 Å². The Bertz CT molecular complexity index is 753. The van der Waals surface area contributed by atoms with Crippen LogP contribution in [0.4, 0.5) is 5.69 Å². The molecule has 1 N–H and O–H groups in total. The summed E-state index contributed by atoms with van der Waals surface area (Å²) < 4.78 is 10.1. The van der Waals surface area contributed by atoms with Crippen molar-refractivity contribution < 1.29 is 19.1 Å². The molecule has 2 aromatic carbocycles. The summed E-state index contributed by atoms with van der Waals surface area (Å²) in [7, 11) is 2.89. The highest BCUT2D eigenvalue weighted by atomic mass is 16.5. The molecule has 5 heteroatoms. The molecule has 0 aromatic heterocycles. The molecule has 5 nitrogen and oxygen atoms in total. The van der Waals surface area contributed by atoms with Crippen LogP contribution in [-0.2, 0) is 14.9 Å². The van der Waals surface area contributed by atoms with E-state index in [0.717, 1.165) is 5.56 Å². The number of para-hydroxylation sites is 1. The van der Waals surface area contributed by atoms with Gasteiger partial charge in [0.2, 0.25) is 5.91 Å². The lowest BCUT2D eigenvalue weighted by Gasteiger charge is -2.26. The van der Waals surface area contributed by atoms with Crippen molar-refractivity contribution in [2.75, 3.05) is 19.5 Å². The fourth-order valence-corrected chi connectivity index (χ4v) is 2.41. The normalized spacial score (nSPS) is 10.8. The molecule has 1 amide bonds. The number of ether oxygens (including phenoxy) is 2. The Labute approximate surface area is 141 Å². The fraction of sp³-hybridized carbons (Fsp3) is 0.263. The smallest absolute Gasteiger partial charge is 0.337 e. The standard InChI is InChI=1S/C19H21NO4/c1-19(2,15-10-5-6-11-16(15)23-3)18(22)20-14-9-7-8-13(12-14)17(21)24-4/h5-12H,1-4H3,(H,20,22). The third kappa shape index (κ3) is 3.56. The van der Waals surface area contributed by atoms with Crippen molar-refractivity contribution in [2.45, 2.75) is 19.3 Å². The Morgan fingerprint density at radius 2 is 1.71 bits per heavy atom. The Kier molecular flexibility index (Phi) is 5.24. The van der Waals surface area contributed by atoms with Crippen molar-refractivity contribution in [2.24, 2.45) is 0 Å². The molecule has 126 valence electrons. The number of nitrogens with one attached hydrogen (secondary N) is 1. The van der Waals surface area contributed by atoms with E-state index in [0.29, 0.717) is 17.0 Å². The van der Waals surface area contributed by atoms with E-state index in [-0.39, 0.29) is 5.91 Å². The minimum absolute atomic E-state index is 0.200. The van der Waals surface area contributed by atoms with Crippen LogP contribution >= 0.6 is 0 Å². The zero-order valence-corrected chi connectivity index (χ0v) is 14.3. The van der Waals surface area contributed by atoms with Crippen LogP contribution < -0.4 is 10.1 Å². The summed E-state index contributed by atoms with van der Waals surface area (Å²) in [5, 5.41) is 2.85. The van der Waals surface area contributed by atoms with Crippen molar-refractivity contribution in [3.63, 3.8) is 0 Å². The number of carbonyl (C=O) groups excluding carboxylic acids is 2. The SMILES string of the molecule is COC(=O)c1cccc(NC(=O)C(C)(C)c2ccccc2OC)c1. The van der Waals surface area contributed by atoms with Gasteiger partial charge in [0.05, 0.1) is 25.2 Å². The van der Waals surface area contributed by atoms with Crippen molar-refractivity contribution in [3.8, 4) is 5.75 Å². The second-order valence-corrected chi connectivity index (χ2v) is 5.85. The topological polar surface area (TPSA) is 64.6 Å². The maximum absolute atomic E-state index is 12.8.